The van der Waals surface area contributed by atoms with E-state index in [0.29, 0.717) is 19.3 Å². The van der Waals surface area contributed by atoms with E-state index in [1.807, 2.05) is 0 Å². The summed E-state index contributed by atoms with van der Waals surface area (Å²) in [6.07, 6.45) is 58.4. The zero-order valence-electron chi connectivity index (χ0n) is 42.7. The lowest BCUT2D eigenvalue weighted by Crippen LogP contribution is -2.46. The summed E-state index contributed by atoms with van der Waals surface area (Å²) in [5, 5.41) is 23.9. The quantitative estimate of drug-likeness (QED) is 0.0321. The molecule has 6 heteroatoms. The highest BCUT2D eigenvalue weighted by Crippen LogP contribution is 2.19. The van der Waals surface area contributed by atoms with Gasteiger partial charge in [-0.15, -0.1) is 0 Å². The van der Waals surface area contributed by atoms with E-state index >= 15 is 0 Å². The van der Waals surface area contributed by atoms with Crippen LogP contribution in [0.1, 0.15) is 316 Å². The first-order valence-electron chi connectivity index (χ1n) is 28.4. The van der Waals surface area contributed by atoms with Crippen LogP contribution in [0.25, 0.3) is 0 Å². The van der Waals surface area contributed by atoms with Crippen LogP contribution in [0, 0.1) is 0 Å². The standard InChI is InChI=1S/C57H111NO5/c1-4-7-10-13-16-19-22-25-27-29-31-34-37-40-43-46-49-55(60)54(52-59)58-56(61)51-53(48-45-42-39-36-33-30-24-21-18-15-12-9-6-3)63-57(62)50-47-44-41-38-35-32-28-26-23-20-17-14-11-8-5-2/h21,24,53-55,59-60H,4-20,22-23,25-52H2,1-3H3,(H,58,61)/b24-21-. The molecule has 0 bridgehead atoms. The van der Waals surface area contributed by atoms with Gasteiger partial charge in [0.2, 0.25) is 5.91 Å². The lowest BCUT2D eigenvalue weighted by atomic mass is 10.0. The summed E-state index contributed by atoms with van der Waals surface area (Å²) < 4.78 is 5.95. The molecule has 0 fully saturated rings. The van der Waals surface area contributed by atoms with Crippen LogP contribution >= 0.6 is 0 Å². The third kappa shape index (κ3) is 46.9. The van der Waals surface area contributed by atoms with Crippen LogP contribution in [0.2, 0.25) is 0 Å². The summed E-state index contributed by atoms with van der Waals surface area (Å²) >= 11 is 0. The van der Waals surface area contributed by atoms with Gasteiger partial charge in [0, 0.05) is 6.42 Å². The summed E-state index contributed by atoms with van der Waals surface area (Å²) in [7, 11) is 0. The molecule has 0 aromatic rings. The molecule has 3 N–H and O–H groups in total. The smallest absolute Gasteiger partial charge is 0.306 e. The molecule has 0 aliphatic rings. The Hall–Kier alpha value is -1.40. The van der Waals surface area contributed by atoms with Gasteiger partial charge in [-0.2, -0.15) is 0 Å². The third-order valence-corrected chi connectivity index (χ3v) is 13.3. The number of hydrogen-bond acceptors (Lipinski definition) is 5. The number of hydrogen-bond donors (Lipinski definition) is 3. The minimum Gasteiger partial charge on any atom is -0.462 e. The summed E-state index contributed by atoms with van der Waals surface area (Å²) in [6.45, 7) is 6.51. The van der Waals surface area contributed by atoms with Gasteiger partial charge in [0.15, 0.2) is 0 Å². The Kier molecular flexibility index (Phi) is 50.4. The van der Waals surface area contributed by atoms with Crippen LogP contribution in [0.5, 0.6) is 0 Å². The van der Waals surface area contributed by atoms with Crippen molar-refractivity contribution in [1.29, 1.82) is 0 Å². The Labute approximate surface area is 393 Å². The number of ether oxygens (including phenoxy) is 1. The first-order valence-corrected chi connectivity index (χ1v) is 28.4. The minimum absolute atomic E-state index is 0.0793. The Bertz CT molecular complexity index is 955. The highest BCUT2D eigenvalue weighted by atomic mass is 16.5. The highest BCUT2D eigenvalue weighted by molar-refractivity contribution is 5.77. The van der Waals surface area contributed by atoms with Crippen molar-refractivity contribution in [2.24, 2.45) is 0 Å². The summed E-state index contributed by atoms with van der Waals surface area (Å²) in [6, 6.07) is -0.698. The minimum atomic E-state index is -0.785. The topological polar surface area (TPSA) is 95.9 Å². The number of carbonyl (C=O) groups is 2. The molecule has 0 radical (unpaired) electrons. The number of esters is 1. The molecule has 1 amide bonds. The summed E-state index contributed by atoms with van der Waals surface area (Å²) in [5.74, 6) is -0.461. The summed E-state index contributed by atoms with van der Waals surface area (Å²) in [4.78, 5) is 26.2. The molecular weight excluding hydrogens is 779 g/mol. The average molecular weight is 891 g/mol. The van der Waals surface area contributed by atoms with Crippen LogP contribution in [0.15, 0.2) is 12.2 Å². The van der Waals surface area contributed by atoms with E-state index in [1.165, 1.54) is 212 Å². The fourth-order valence-corrected chi connectivity index (χ4v) is 9.02. The lowest BCUT2D eigenvalue weighted by molar-refractivity contribution is -0.151. The molecule has 6 nitrogen and oxygen atoms in total. The molecule has 0 rings (SSSR count). The average Bonchev–Trinajstić information content (AvgIpc) is 3.28. The zero-order chi connectivity index (χ0) is 45.9. The van der Waals surface area contributed by atoms with Gasteiger partial charge in [-0.3, -0.25) is 9.59 Å². The van der Waals surface area contributed by atoms with Crippen molar-refractivity contribution in [1.82, 2.24) is 5.32 Å². The number of amides is 1. The molecule has 0 aromatic heterocycles. The van der Waals surface area contributed by atoms with Gasteiger partial charge in [-0.25, -0.2) is 0 Å². The molecule has 63 heavy (non-hydrogen) atoms. The molecule has 3 atom stereocenters. The highest BCUT2D eigenvalue weighted by Gasteiger charge is 2.24. The number of aliphatic hydroxyl groups excluding tert-OH is 2. The van der Waals surface area contributed by atoms with E-state index in [4.69, 9.17) is 4.74 Å². The van der Waals surface area contributed by atoms with Crippen LogP contribution in [-0.4, -0.2) is 46.9 Å². The van der Waals surface area contributed by atoms with E-state index in [2.05, 4.69) is 38.2 Å². The number of carbonyl (C=O) groups excluding carboxylic acids is 2. The largest absolute Gasteiger partial charge is 0.462 e. The maximum absolute atomic E-state index is 13.2. The predicted octanol–water partition coefficient (Wildman–Crippen LogP) is 17.3. The Balaban J connectivity index is 4.48. The van der Waals surface area contributed by atoms with Gasteiger partial charge < -0.3 is 20.3 Å². The maximum Gasteiger partial charge on any atom is 0.306 e. The van der Waals surface area contributed by atoms with Gasteiger partial charge in [0.25, 0.3) is 0 Å². The Morgan fingerprint density at radius 2 is 0.762 bits per heavy atom. The van der Waals surface area contributed by atoms with E-state index in [-0.39, 0.29) is 24.9 Å². The van der Waals surface area contributed by atoms with E-state index in [9.17, 15) is 19.8 Å². The number of rotatable bonds is 52. The van der Waals surface area contributed by atoms with Gasteiger partial charge >= 0.3 is 5.97 Å². The van der Waals surface area contributed by atoms with E-state index in [1.54, 1.807) is 0 Å². The second-order valence-electron chi connectivity index (χ2n) is 19.7. The van der Waals surface area contributed by atoms with Crippen molar-refractivity contribution in [3.8, 4) is 0 Å². The van der Waals surface area contributed by atoms with E-state index in [0.717, 1.165) is 57.8 Å². The molecule has 0 aromatic carbocycles. The molecule has 0 spiro atoms. The Morgan fingerprint density at radius 1 is 0.444 bits per heavy atom. The lowest BCUT2D eigenvalue weighted by Gasteiger charge is -2.24. The number of unbranched alkanes of at least 4 members (excludes halogenated alkanes) is 38. The second kappa shape index (κ2) is 51.6. The van der Waals surface area contributed by atoms with Crippen molar-refractivity contribution in [3.63, 3.8) is 0 Å². The van der Waals surface area contributed by atoms with Crippen LogP contribution in [0.3, 0.4) is 0 Å². The van der Waals surface area contributed by atoms with Crippen molar-refractivity contribution < 1.29 is 24.5 Å². The molecule has 0 saturated heterocycles. The van der Waals surface area contributed by atoms with Gasteiger partial charge in [0.05, 0.1) is 25.2 Å². The third-order valence-electron chi connectivity index (χ3n) is 13.3. The normalized spacial score (nSPS) is 13.2. The number of nitrogens with one attached hydrogen (secondary N) is 1. The Morgan fingerprint density at radius 3 is 1.14 bits per heavy atom. The SMILES string of the molecule is CCCCCC/C=C\CCCCCCCC(CC(=O)NC(CO)C(O)CCCCCCCCCCCCCCCCCC)OC(=O)CCCCCCCCCCCCCCCCC. The fraction of sp³-hybridized carbons (Fsp3) is 0.930. The van der Waals surface area contributed by atoms with Crippen molar-refractivity contribution in [3.05, 3.63) is 12.2 Å². The molecular formula is C57H111NO5. The van der Waals surface area contributed by atoms with Crippen molar-refractivity contribution in [2.45, 2.75) is 334 Å². The van der Waals surface area contributed by atoms with Gasteiger partial charge in [-0.05, 0) is 51.4 Å². The predicted molar refractivity (Wildman–Crippen MR) is 273 cm³/mol. The molecule has 0 saturated carbocycles. The van der Waals surface area contributed by atoms with Gasteiger partial charge in [-0.1, -0.05) is 264 Å². The molecule has 374 valence electrons. The molecule has 0 heterocycles. The molecule has 3 unspecified atom stereocenters. The molecule has 0 aliphatic carbocycles. The van der Waals surface area contributed by atoms with Crippen molar-refractivity contribution >= 4 is 11.9 Å². The second-order valence-corrected chi connectivity index (χ2v) is 19.7. The maximum atomic E-state index is 13.2. The monoisotopic (exact) mass is 890 g/mol. The zero-order valence-corrected chi connectivity index (χ0v) is 42.7. The van der Waals surface area contributed by atoms with Gasteiger partial charge in [0.1, 0.15) is 6.10 Å². The van der Waals surface area contributed by atoms with Crippen LogP contribution in [0.4, 0.5) is 0 Å². The van der Waals surface area contributed by atoms with Crippen LogP contribution < -0.4 is 5.32 Å². The fourth-order valence-electron chi connectivity index (χ4n) is 9.02. The first kappa shape index (κ1) is 61.6. The summed E-state index contributed by atoms with van der Waals surface area (Å²) in [5.41, 5.74) is 0. The first-order chi connectivity index (χ1) is 31.0. The van der Waals surface area contributed by atoms with E-state index < -0.39 is 18.2 Å². The number of aliphatic hydroxyl groups is 2. The van der Waals surface area contributed by atoms with Crippen LogP contribution in [-0.2, 0) is 14.3 Å². The van der Waals surface area contributed by atoms with Crippen molar-refractivity contribution in [2.75, 3.05) is 6.61 Å². The number of allylic oxidation sites excluding steroid dienone is 2. The molecule has 0 aliphatic heterocycles.